The standard InChI is InChI=1S/C13H14N2O/c1-3-9-13(12(16)4-2)15-11-8-6-5-7-10(11)14-9/h5-8H,3-4H2,1-2H3. The first-order valence-electron chi connectivity index (χ1n) is 5.55. The van der Waals surface area contributed by atoms with Gasteiger partial charge in [0.25, 0.3) is 0 Å². The molecule has 0 radical (unpaired) electrons. The highest BCUT2D eigenvalue weighted by molar-refractivity contribution is 5.96. The molecule has 0 saturated heterocycles. The molecule has 0 saturated carbocycles. The monoisotopic (exact) mass is 214 g/mol. The number of rotatable bonds is 3. The van der Waals surface area contributed by atoms with Gasteiger partial charge in [-0.1, -0.05) is 26.0 Å². The van der Waals surface area contributed by atoms with Crippen molar-refractivity contribution in [2.75, 3.05) is 0 Å². The first-order chi connectivity index (χ1) is 7.76. The Morgan fingerprint density at radius 1 is 1.12 bits per heavy atom. The SMILES string of the molecule is CCC(=O)c1nc2ccccc2nc1CC. The highest BCUT2D eigenvalue weighted by Gasteiger charge is 2.12. The first-order valence-corrected chi connectivity index (χ1v) is 5.55. The first kappa shape index (κ1) is 10.7. The molecule has 3 heteroatoms. The van der Waals surface area contributed by atoms with Crippen LogP contribution in [0.3, 0.4) is 0 Å². The minimum atomic E-state index is 0.0649. The molecule has 0 amide bonds. The van der Waals surface area contributed by atoms with Gasteiger partial charge in [-0.05, 0) is 18.6 Å². The number of fused-ring (bicyclic) bond motifs is 1. The fourth-order valence-electron chi connectivity index (χ4n) is 1.67. The van der Waals surface area contributed by atoms with Crippen molar-refractivity contribution in [2.45, 2.75) is 26.7 Å². The normalized spacial score (nSPS) is 10.6. The lowest BCUT2D eigenvalue weighted by atomic mass is 10.1. The maximum Gasteiger partial charge on any atom is 0.182 e. The average Bonchev–Trinajstić information content (AvgIpc) is 2.36. The fraction of sp³-hybridized carbons (Fsp3) is 0.308. The Hall–Kier alpha value is -1.77. The zero-order valence-corrected chi connectivity index (χ0v) is 9.53. The number of carbonyl (C=O) groups is 1. The van der Waals surface area contributed by atoms with E-state index in [-0.39, 0.29) is 5.78 Å². The topological polar surface area (TPSA) is 42.9 Å². The molecule has 0 spiro atoms. The van der Waals surface area contributed by atoms with Crippen molar-refractivity contribution in [3.63, 3.8) is 0 Å². The number of ketones is 1. The molecule has 3 nitrogen and oxygen atoms in total. The van der Waals surface area contributed by atoms with E-state index in [0.717, 1.165) is 23.1 Å². The lowest BCUT2D eigenvalue weighted by Gasteiger charge is -2.06. The minimum absolute atomic E-state index is 0.0649. The van der Waals surface area contributed by atoms with Gasteiger partial charge in [-0.3, -0.25) is 4.79 Å². The van der Waals surface area contributed by atoms with Gasteiger partial charge in [-0.25, -0.2) is 9.97 Å². The van der Waals surface area contributed by atoms with Crippen molar-refractivity contribution in [2.24, 2.45) is 0 Å². The molecular formula is C13H14N2O. The fourth-order valence-corrected chi connectivity index (χ4v) is 1.67. The molecule has 82 valence electrons. The third kappa shape index (κ3) is 1.81. The predicted molar refractivity (Wildman–Crippen MR) is 63.5 cm³/mol. The number of nitrogens with zero attached hydrogens (tertiary/aromatic N) is 2. The van der Waals surface area contributed by atoms with Crippen molar-refractivity contribution in [3.05, 3.63) is 35.7 Å². The Labute approximate surface area is 94.5 Å². The van der Waals surface area contributed by atoms with Crippen LogP contribution >= 0.6 is 0 Å². The van der Waals surface area contributed by atoms with Crippen molar-refractivity contribution in [1.82, 2.24) is 9.97 Å². The van der Waals surface area contributed by atoms with Gasteiger partial charge < -0.3 is 0 Å². The maximum absolute atomic E-state index is 11.7. The summed E-state index contributed by atoms with van der Waals surface area (Å²) in [7, 11) is 0. The Bertz CT molecular complexity index is 534. The van der Waals surface area contributed by atoms with Gasteiger partial charge in [0.2, 0.25) is 0 Å². The number of Topliss-reactive ketones (excluding diaryl/α,β-unsaturated/α-hetero) is 1. The van der Waals surface area contributed by atoms with Gasteiger partial charge >= 0.3 is 0 Å². The summed E-state index contributed by atoms with van der Waals surface area (Å²) >= 11 is 0. The lowest BCUT2D eigenvalue weighted by molar-refractivity contribution is 0.0982. The van der Waals surface area contributed by atoms with Gasteiger partial charge in [-0.2, -0.15) is 0 Å². The van der Waals surface area contributed by atoms with Crippen LogP contribution in [0.1, 0.15) is 36.5 Å². The van der Waals surface area contributed by atoms with Gasteiger partial charge in [0.15, 0.2) is 5.78 Å². The van der Waals surface area contributed by atoms with E-state index in [1.165, 1.54) is 0 Å². The number of aryl methyl sites for hydroxylation is 1. The van der Waals surface area contributed by atoms with Crippen LogP contribution in [0, 0.1) is 0 Å². The van der Waals surface area contributed by atoms with Crippen LogP contribution in [-0.4, -0.2) is 15.8 Å². The largest absolute Gasteiger partial charge is 0.292 e. The van der Waals surface area contributed by atoms with Crippen LogP contribution < -0.4 is 0 Å². The molecule has 0 aliphatic heterocycles. The van der Waals surface area contributed by atoms with Crippen LogP contribution in [0.5, 0.6) is 0 Å². The summed E-state index contributed by atoms with van der Waals surface area (Å²) in [6.07, 6.45) is 1.21. The smallest absolute Gasteiger partial charge is 0.182 e. The molecule has 0 unspecified atom stereocenters. The third-order valence-corrected chi connectivity index (χ3v) is 2.56. The molecule has 0 N–H and O–H groups in total. The summed E-state index contributed by atoms with van der Waals surface area (Å²) in [4.78, 5) is 20.6. The highest BCUT2D eigenvalue weighted by atomic mass is 16.1. The van der Waals surface area contributed by atoms with E-state index in [2.05, 4.69) is 9.97 Å². The molecule has 0 atom stereocenters. The van der Waals surface area contributed by atoms with Crippen molar-refractivity contribution in [3.8, 4) is 0 Å². The number of hydrogen-bond acceptors (Lipinski definition) is 3. The van der Waals surface area contributed by atoms with Crippen molar-refractivity contribution in [1.29, 1.82) is 0 Å². The van der Waals surface area contributed by atoms with E-state index >= 15 is 0 Å². The summed E-state index contributed by atoms with van der Waals surface area (Å²) in [6.45, 7) is 3.84. The summed E-state index contributed by atoms with van der Waals surface area (Å²) in [5.74, 6) is 0.0649. The molecule has 0 fully saturated rings. The second-order valence-electron chi connectivity index (χ2n) is 3.64. The number of hydrogen-bond donors (Lipinski definition) is 0. The van der Waals surface area contributed by atoms with E-state index in [9.17, 15) is 4.79 Å². The zero-order chi connectivity index (χ0) is 11.5. The van der Waals surface area contributed by atoms with Crippen LogP contribution in [-0.2, 0) is 6.42 Å². The van der Waals surface area contributed by atoms with Crippen LogP contribution in [0.25, 0.3) is 11.0 Å². The summed E-state index contributed by atoms with van der Waals surface area (Å²) < 4.78 is 0. The van der Waals surface area contributed by atoms with E-state index in [0.29, 0.717) is 12.1 Å². The molecule has 16 heavy (non-hydrogen) atoms. The molecule has 2 rings (SSSR count). The van der Waals surface area contributed by atoms with Gasteiger partial charge in [0.05, 0.1) is 16.7 Å². The number of carbonyl (C=O) groups excluding carboxylic acids is 1. The molecule has 0 aliphatic carbocycles. The predicted octanol–water partition coefficient (Wildman–Crippen LogP) is 2.78. The van der Waals surface area contributed by atoms with E-state index in [1.54, 1.807) is 0 Å². The number of benzene rings is 1. The summed E-state index contributed by atoms with van der Waals surface area (Å²) in [6, 6.07) is 7.64. The summed E-state index contributed by atoms with van der Waals surface area (Å²) in [5, 5.41) is 0. The van der Waals surface area contributed by atoms with Crippen LogP contribution in [0.2, 0.25) is 0 Å². The molecule has 1 aromatic heterocycles. The Morgan fingerprint density at radius 3 is 2.31 bits per heavy atom. The van der Waals surface area contributed by atoms with Crippen LogP contribution in [0.4, 0.5) is 0 Å². The third-order valence-electron chi connectivity index (χ3n) is 2.56. The van der Waals surface area contributed by atoms with E-state index in [4.69, 9.17) is 0 Å². The quantitative estimate of drug-likeness (QED) is 0.738. The minimum Gasteiger partial charge on any atom is -0.292 e. The molecule has 1 heterocycles. The molecule has 0 aliphatic rings. The highest BCUT2D eigenvalue weighted by Crippen LogP contribution is 2.14. The molecule has 1 aromatic carbocycles. The molecule has 2 aromatic rings. The van der Waals surface area contributed by atoms with E-state index in [1.807, 2.05) is 38.1 Å². The molecular weight excluding hydrogens is 200 g/mol. The van der Waals surface area contributed by atoms with Gasteiger partial charge in [0.1, 0.15) is 5.69 Å². The van der Waals surface area contributed by atoms with Gasteiger partial charge in [-0.15, -0.1) is 0 Å². The maximum atomic E-state index is 11.7. The second-order valence-corrected chi connectivity index (χ2v) is 3.64. The van der Waals surface area contributed by atoms with Crippen LogP contribution in [0.15, 0.2) is 24.3 Å². The number of aromatic nitrogens is 2. The van der Waals surface area contributed by atoms with Crippen molar-refractivity contribution < 1.29 is 4.79 Å². The lowest BCUT2D eigenvalue weighted by Crippen LogP contribution is -2.07. The Morgan fingerprint density at radius 2 is 1.75 bits per heavy atom. The van der Waals surface area contributed by atoms with E-state index < -0.39 is 0 Å². The molecule has 0 bridgehead atoms. The van der Waals surface area contributed by atoms with Gasteiger partial charge in [0, 0.05) is 6.42 Å². The number of para-hydroxylation sites is 2. The van der Waals surface area contributed by atoms with Crippen molar-refractivity contribution >= 4 is 16.8 Å². The summed E-state index contributed by atoms with van der Waals surface area (Å²) in [5.41, 5.74) is 2.97. The second kappa shape index (κ2) is 4.39. The Kier molecular flexibility index (Phi) is 2.95. The zero-order valence-electron chi connectivity index (χ0n) is 9.53. The average molecular weight is 214 g/mol. The Balaban J connectivity index is 2.67.